The zero-order chi connectivity index (χ0) is 8.04. The molecule has 1 unspecified atom stereocenters. The summed E-state index contributed by atoms with van der Waals surface area (Å²) in [5.41, 5.74) is 7.78. The first kappa shape index (κ1) is 9.49. The molecule has 0 aliphatic carbocycles. The molecule has 0 aromatic carbocycles. The number of hydrogen-bond acceptors (Lipinski definition) is 4. The highest BCUT2D eigenvalue weighted by atomic mass is 31.2. The van der Waals surface area contributed by atoms with Gasteiger partial charge >= 0.3 is 0 Å². The van der Waals surface area contributed by atoms with E-state index in [1.165, 1.54) is 7.11 Å². The standard InChI is InChI=1S/C3H8N3O3P/c1-8-10(2,7)9-3-5-6-4/h7H,2-3H2,1H3. The normalized spacial score (nSPS) is 15.4. The van der Waals surface area contributed by atoms with Gasteiger partial charge in [-0.3, -0.25) is 0 Å². The van der Waals surface area contributed by atoms with Crippen molar-refractivity contribution in [2.45, 2.75) is 0 Å². The first-order chi connectivity index (χ1) is 4.62. The molecule has 10 heavy (non-hydrogen) atoms. The van der Waals surface area contributed by atoms with E-state index in [1.807, 2.05) is 0 Å². The monoisotopic (exact) mass is 165 g/mol. The summed E-state index contributed by atoms with van der Waals surface area (Å²) in [4.78, 5) is 11.3. The van der Waals surface area contributed by atoms with Crippen molar-refractivity contribution in [2.75, 3.05) is 13.8 Å². The van der Waals surface area contributed by atoms with Gasteiger partial charge in [-0.15, -0.1) is 0 Å². The fourth-order valence-corrected chi connectivity index (χ4v) is 0.532. The van der Waals surface area contributed by atoms with E-state index in [9.17, 15) is 0 Å². The van der Waals surface area contributed by atoms with Gasteiger partial charge < -0.3 is 13.9 Å². The lowest BCUT2D eigenvalue weighted by Gasteiger charge is -2.12. The van der Waals surface area contributed by atoms with Gasteiger partial charge in [-0.25, -0.2) is 0 Å². The lowest BCUT2D eigenvalue weighted by Crippen LogP contribution is -1.90. The van der Waals surface area contributed by atoms with Crippen molar-refractivity contribution in [3.8, 4) is 0 Å². The van der Waals surface area contributed by atoms with Crippen LogP contribution in [0.25, 0.3) is 10.4 Å². The average molecular weight is 165 g/mol. The minimum Gasteiger partial charge on any atom is -0.333 e. The van der Waals surface area contributed by atoms with Crippen LogP contribution in [0.15, 0.2) is 5.11 Å². The van der Waals surface area contributed by atoms with Crippen molar-refractivity contribution in [3.63, 3.8) is 0 Å². The molecule has 1 atom stereocenters. The van der Waals surface area contributed by atoms with E-state index in [0.29, 0.717) is 0 Å². The van der Waals surface area contributed by atoms with E-state index in [1.54, 1.807) is 0 Å². The molecule has 0 saturated heterocycles. The Bertz CT molecular complexity index is 187. The Kier molecular flexibility index (Phi) is 4.11. The fraction of sp³-hybridized carbons (Fsp3) is 0.667. The molecule has 7 heteroatoms. The third-order valence-corrected chi connectivity index (χ3v) is 1.76. The van der Waals surface area contributed by atoms with Crippen LogP contribution in [0.5, 0.6) is 0 Å². The van der Waals surface area contributed by atoms with Crippen LogP contribution in [0.3, 0.4) is 0 Å². The molecule has 0 aromatic heterocycles. The van der Waals surface area contributed by atoms with E-state index in [4.69, 9.17) is 10.4 Å². The summed E-state index contributed by atoms with van der Waals surface area (Å²) in [5.74, 6) is 0. The summed E-state index contributed by atoms with van der Waals surface area (Å²) < 4.78 is 8.97. The summed E-state index contributed by atoms with van der Waals surface area (Å²) in [5, 5.41) is 3.01. The number of azide groups is 1. The maximum Gasteiger partial charge on any atom is 0.247 e. The second kappa shape index (κ2) is 4.33. The Morgan fingerprint density at radius 1 is 1.90 bits per heavy atom. The number of rotatable bonds is 4. The van der Waals surface area contributed by atoms with Gasteiger partial charge in [-0.05, 0) is 11.8 Å². The van der Waals surface area contributed by atoms with Crippen molar-refractivity contribution >= 4 is 13.9 Å². The fourth-order valence-electron chi connectivity index (χ4n) is 0.195. The summed E-state index contributed by atoms with van der Waals surface area (Å²) in [6.45, 7) is -0.266. The topological polar surface area (TPSA) is 87.5 Å². The van der Waals surface area contributed by atoms with E-state index in [2.05, 4.69) is 25.4 Å². The van der Waals surface area contributed by atoms with Crippen molar-refractivity contribution in [2.24, 2.45) is 5.11 Å². The van der Waals surface area contributed by atoms with Crippen molar-refractivity contribution in [3.05, 3.63) is 10.4 Å². The quantitative estimate of drug-likeness (QED) is 0.293. The lowest BCUT2D eigenvalue weighted by atomic mass is 11.4. The van der Waals surface area contributed by atoms with Crippen LogP contribution in [0.1, 0.15) is 0 Å². The third-order valence-electron chi connectivity index (χ3n) is 0.666. The Morgan fingerprint density at radius 2 is 2.50 bits per heavy atom. The Labute approximate surface area is 58.2 Å². The van der Waals surface area contributed by atoms with Crippen LogP contribution in [-0.2, 0) is 9.05 Å². The molecule has 0 heterocycles. The molecule has 0 radical (unpaired) electrons. The smallest absolute Gasteiger partial charge is 0.247 e. The van der Waals surface area contributed by atoms with Gasteiger partial charge in [0.2, 0.25) is 7.57 Å². The van der Waals surface area contributed by atoms with Crippen LogP contribution in [0.4, 0.5) is 0 Å². The highest BCUT2D eigenvalue weighted by Crippen LogP contribution is 2.40. The predicted octanol–water partition coefficient (Wildman–Crippen LogP) is 1.10. The third kappa shape index (κ3) is 4.38. The molecule has 0 bridgehead atoms. The Morgan fingerprint density at radius 3 is 2.90 bits per heavy atom. The van der Waals surface area contributed by atoms with Crippen LogP contribution in [0.2, 0.25) is 0 Å². The zero-order valence-corrected chi connectivity index (χ0v) is 6.36. The van der Waals surface area contributed by atoms with Gasteiger partial charge in [0.05, 0.1) is 0 Å². The van der Waals surface area contributed by atoms with Crippen molar-refractivity contribution in [1.82, 2.24) is 0 Å². The second-order valence-electron chi connectivity index (χ2n) is 1.31. The minimum atomic E-state index is -2.97. The minimum absolute atomic E-state index is 0.266. The van der Waals surface area contributed by atoms with E-state index in [-0.39, 0.29) is 6.73 Å². The van der Waals surface area contributed by atoms with Crippen LogP contribution >= 0.6 is 7.57 Å². The Hall–Kier alpha value is -0.510. The number of nitrogens with zero attached hydrogens (tertiary/aromatic N) is 3. The summed E-state index contributed by atoms with van der Waals surface area (Å²) >= 11 is 0. The van der Waals surface area contributed by atoms with Crippen molar-refractivity contribution < 1.29 is 13.9 Å². The largest absolute Gasteiger partial charge is 0.333 e. The van der Waals surface area contributed by atoms with E-state index in [0.717, 1.165) is 0 Å². The molecule has 6 nitrogen and oxygen atoms in total. The molecule has 0 aliphatic rings. The molecular formula is C3H8N3O3P. The van der Waals surface area contributed by atoms with Crippen LogP contribution in [-0.4, -0.2) is 25.0 Å². The van der Waals surface area contributed by atoms with E-state index >= 15 is 0 Å². The SMILES string of the molecule is C=P(O)(OC)OCN=[N+]=[N-]. The second-order valence-corrected chi connectivity index (χ2v) is 3.21. The van der Waals surface area contributed by atoms with Crippen molar-refractivity contribution in [1.29, 1.82) is 0 Å². The predicted molar refractivity (Wildman–Crippen MR) is 38.4 cm³/mol. The molecule has 0 spiro atoms. The van der Waals surface area contributed by atoms with Gasteiger partial charge in [0.25, 0.3) is 0 Å². The summed E-state index contributed by atoms with van der Waals surface area (Å²) in [6.07, 6.45) is 3.20. The van der Waals surface area contributed by atoms with Gasteiger partial charge in [-0.2, -0.15) is 0 Å². The summed E-state index contributed by atoms with van der Waals surface area (Å²) in [7, 11) is -1.71. The summed E-state index contributed by atoms with van der Waals surface area (Å²) in [6, 6.07) is 0. The Balaban J connectivity index is 3.68. The molecular weight excluding hydrogens is 157 g/mol. The zero-order valence-electron chi connectivity index (χ0n) is 5.47. The highest BCUT2D eigenvalue weighted by molar-refractivity contribution is 7.58. The molecule has 58 valence electrons. The lowest BCUT2D eigenvalue weighted by molar-refractivity contribution is 0.229. The molecule has 0 rings (SSSR count). The van der Waals surface area contributed by atoms with Gasteiger partial charge in [-0.1, -0.05) is 5.11 Å². The first-order valence-corrected chi connectivity index (χ1v) is 4.06. The van der Waals surface area contributed by atoms with Crippen LogP contribution in [0, 0.1) is 0 Å². The number of hydrogen-bond donors (Lipinski definition) is 1. The molecule has 0 amide bonds. The maximum absolute atomic E-state index is 8.92. The van der Waals surface area contributed by atoms with Crippen LogP contribution < -0.4 is 0 Å². The molecule has 0 aromatic rings. The highest BCUT2D eigenvalue weighted by Gasteiger charge is 2.06. The van der Waals surface area contributed by atoms with Gasteiger partial charge in [0.1, 0.15) is 6.73 Å². The molecule has 0 aliphatic heterocycles. The molecule has 0 fully saturated rings. The van der Waals surface area contributed by atoms with Gasteiger partial charge in [0.15, 0.2) is 0 Å². The average Bonchev–Trinajstić information content (AvgIpc) is 1.89. The van der Waals surface area contributed by atoms with Gasteiger partial charge in [0, 0.05) is 12.0 Å². The maximum atomic E-state index is 8.92. The molecule has 1 N–H and O–H groups in total. The van der Waals surface area contributed by atoms with E-state index < -0.39 is 7.57 Å². The first-order valence-electron chi connectivity index (χ1n) is 2.29. The molecule has 0 saturated carbocycles.